The Balaban J connectivity index is 2.11. The quantitative estimate of drug-likeness (QED) is 0.875. The van der Waals surface area contributed by atoms with Crippen LogP contribution in [0, 0.1) is 0 Å². The smallest absolute Gasteiger partial charge is 0.231 e. The van der Waals surface area contributed by atoms with Crippen molar-refractivity contribution in [2.45, 2.75) is 20.4 Å². The van der Waals surface area contributed by atoms with Crippen LogP contribution in [0.25, 0.3) is 0 Å². The lowest BCUT2D eigenvalue weighted by atomic mass is 10.4. The van der Waals surface area contributed by atoms with Crippen LogP contribution in [0.15, 0.2) is 12.4 Å². The molecule has 8 heteroatoms. The molecule has 2 heterocycles. The van der Waals surface area contributed by atoms with Crippen LogP contribution in [-0.4, -0.2) is 37.8 Å². The van der Waals surface area contributed by atoms with Gasteiger partial charge in [0.05, 0.1) is 6.20 Å². The fourth-order valence-corrected chi connectivity index (χ4v) is 1.97. The van der Waals surface area contributed by atoms with Gasteiger partial charge in [-0.05, 0) is 25.4 Å². The molecule has 0 saturated heterocycles. The Kier molecular flexibility index (Phi) is 4.73. The van der Waals surface area contributed by atoms with Gasteiger partial charge in [-0.1, -0.05) is 0 Å². The van der Waals surface area contributed by atoms with Gasteiger partial charge in [0.1, 0.15) is 0 Å². The second kappa shape index (κ2) is 6.51. The van der Waals surface area contributed by atoms with Crippen molar-refractivity contribution in [2.24, 2.45) is 7.05 Å². The lowest BCUT2D eigenvalue weighted by molar-refractivity contribution is 0.767. The summed E-state index contributed by atoms with van der Waals surface area (Å²) in [5.74, 6) is 1.06. The molecule has 0 aliphatic heterocycles. The van der Waals surface area contributed by atoms with Gasteiger partial charge in [0.25, 0.3) is 0 Å². The van der Waals surface area contributed by atoms with E-state index >= 15 is 0 Å². The highest BCUT2D eigenvalue weighted by Gasteiger charge is 2.10. The summed E-state index contributed by atoms with van der Waals surface area (Å²) >= 11 is 5.95. The predicted octanol–water partition coefficient (Wildman–Crippen LogP) is 1.72. The average Bonchev–Trinajstić information content (AvgIpc) is 2.83. The third-order valence-electron chi connectivity index (χ3n) is 2.85. The van der Waals surface area contributed by atoms with Crippen LogP contribution >= 0.6 is 11.6 Å². The molecule has 1 N–H and O–H groups in total. The van der Waals surface area contributed by atoms with Crippen molar-refractivity contribution in [1.29, 1.82) is 0 Å². The molecular weight excluding hydrogens is 278 g/mol. The van der Waals surface area contributed by atoms with Crippen LogP contribution in [-0.2, 0) is 13.6 Å². The summed E-state index contributed by atoms with van der Waals surface area (Å²) < 4.78 is 1.75. The molecule has 0 atom stereocenters. The predicted molar refractivity (Wildman–Crippen MR) is 78.9 cm³/mol. The summed E-state index contributed by atoms with van der Waals surface area (Å²) in [6.07, 6.45) is 3.72. The lowest BCUT2D eigenvalue weighted by Crippen LogP contribution is -2.25. The number of nitrogens with zero attached hydrogens (tertiary/aromatic N) is 6. The normalized spacial score (nSPS) is 10.6. The lowest BCUT2D eigenvalue weighted by Gasteiger charge is -2.18. The third kappa shape index (κ3) is 3.57. The van der Waals surface area contributed by atoms with Crippen molar-refractivity contribution in [3.63, 3.8) is 0 Å². The van der Waals surface area contributed by atoms with Crippen molar-refractivity contribution in [3.05, 3.63) is 23.2 Å². The molecule has 0 aliphatic carbocycles. The third-order valence-corrected chi connectivity index (χ3v) is 3.02. The molecule has 7 nitrogen and oxygen atoms in total. The van der Waals surface area contributed by atoms with Gasteiger partial charge in [-0.15, -0.1) is 0 Å². The molecule has 0 aromatic carbocycles. The van der Waals surface area contributed by atoms with Crippen LogP contribution in [0.5, 0.6) is 0 Å². The number of nitrogens with one attached hydrogen (secondary N) is 1. The van der Waals surface area contributed by atoms with E-state index in [9.17, 15) is 0 Å². The number of aryl methyl sites for hydroxylation is 1. The molecule has 0 amide bonds. The van der Waals surface area contributed by atoms with Crippen LogP contribution in [0.2, 0.25) is 5.28 Å². The van der Waals surface area contributed by atoms with E-state index < -0.39 is 0 Å². The Labute approximate surface area is 123 Å². The van der Waals surface area contributed by atoms with Gasteiger partial charge < -0.3 is 10.2 Å². The maximum absolute atomic E-state index is 5.95. The number of hydrogen-bond acceptors (Lipinski definition) is 6. The zero-order valence-corrected chi connectivity index (χ0v) is 12.6. The summed E-state index contributed by atoms with van der Waals surface area (Å²) in [5.41, 5.74) is 1.05. The van der Waals surface area contributed by atoms with E-state index in [0.29, 0.717) is 18.4 Å². The minimum atomic E-state index is 0.190. The number of rotatable bonds is 6. The van der Waals surface area contributed by atoms with Crippen molar-refractivity contribution >= 4 is 23.5 Å². The highest BCUT2D eigenvalue weighted by Crippen LogP contribution is 2.14. The van der Waals surface area contributed by atoms with Crippen LogP contribution in [0.3, 0.4) is 0 Å². The number of hydrogen-bond donors (Lipinski definition) is 1. The van der Waals surface area contributed by atoms with E-state index in [1.807, 2.05) is 32.0 Å². The Hall–Kier alpha value is -1.89. The molecule has 0 unspecified atom stereocenters. The summed E-state index contributed by atoms with van der Waals surface area (Å²) in [5, 5.41) is 7.43. The summed E-state index contributed by atoms with van der Waals surface area (Å²) in [4.78, 5) is 14.6. The Morgan fingerprint density at radius 2 is 2.00 bits per heavy atom. The summed E-state index contributed by atoms with van der Waals surface area (Å²) in [6, 6.07) is 0. The fourth-order valence-electron chi connectivity index (χ4n) is 1.81. The Bertz CT molecular complexity index is 565. The summed E-state index contributed by atoms with van der Waals surface area (Å²) in [7, 11) is 1.88. The topological polar surface area (TPSA) is 71.8 Å². The first-order valence-electron chi connectivity index (χ1n) is 6.50. The second-order valence-electron chi connectivity index (χ2n) is 4.28. The first-order valence-corrected chi connectivity index (χ1v) is 6.88. The molecule has 0 spiro atoms. The van der Waals surface area contributed by atoms with Gasteiger partial charge in [0.15, 0.2) is 0 Å². The van der Waals surface area contributed by atoms with Gasteiger partial charge in [-0.2, -0.15) is 20.1 Å². The first-order chi connectivity index (χ1) is 9.62. The van der Waals surface area contributed by atoms with E-state index in [-0.39, 0.29) is 5.28 Å². The number of aromatic nitrogens is 5. The maximum atomic E-state index is 5.95. The van der Waals surface area contributed by atoms with Gasteiger partial charge in [0, 0.05) is 38.4 Å². The van der Waals surface area contributed by atoms with E-state index in [1.165, 1.54) is 0 Å². The molecule has 0 bridgehead atoms. The molecule has 0 aliphatic rings. The van der Waals surface area contributed by atoms with Crippen LogP contribution < -0.4 is 10.2 Å². The minimum Gasteiger partial charge on any atom is -0.350 e. The highest BCUT2D eigenvalue weighted by atomic mass is 35.5. The molecule has 108 valence electrons. The molecule has 0 radical (unpaired) electrons. The Morgan fingerprint density at radius 1 is 1.25 bits per heavy atom. The molecular formula is C12H18ClN7. The van der Waals surface area contributed by atoms with Crippen LogP contribution in [0.1, 0.15) is 19.4 Å². The molecule has 20 heavy (non-hydrogen) atoms. The number of anilines is 2. The molecule has 2 aromatic heterocycles. The van der Waals surface area contributed by atoms with E-state index in [2.05, 4.69) is 25.4 Å². The minimum absolute atomic E-state index is 0.190. The molecule has 2 rings (SSSR count). The van der Waals surface area contributed by atoms with Gasteiger partial charge in [-0.25, -0.2) is 0 Å². The second-order valence-corrected chi connectivity index (χ2v) is 4.61. The number of halogens is 1. The zero-order valence-electron chi connectivity index (χ0n) is 11.8. The first kappa shape index (κ1) is 14.5. The average molecular weight is 296 g/mol. The molecule has 0 fully saturated rings. The van der Waals surface area contributed by atoms with Crippen molar-refractivity contribution in [2.75, 3.05) is 23.3 Å². The van der Waals surface area contributed by atoms with E-state index in [1.54, 1.807) is 10.9 Å². The largest absolute Gasteiger partial charge is 0.350 e. The van der Waals surface area contributed by atoms with Gasteiger partial charge in [-0.3, -0.25) is 4.68 Å². The standard InChI is InChI=1S/C12H18ClN7/c1-4-20(5-2)12-17-10(13)16-11(18-12)14-6-9-7-15-19(3)8-9/h7-8H,4-6H2,1-3H3,(H,14,16,17,18). The Morgan fingerprint density at radius 3 is 2.60 bits per heavy atom. The zero-order chi connectivity index (χ0) is 14.5. The van der Waals surface area contributed by atoms with E-state index in [0.717, 1.165) is 18.7 Å². The monoisotopic (exact) mass is 295 g/mol. The van der Waals surface area contributed by atoms with Gasteiger partial charge in [0.2, 0.25) is 17.2 Å². The van der Waals surface area contributed by atoms with Crippen molar-refractivity contribution < 1.29 is 0 Å². The SMILES string of the molecule is CCN(CC)c1nc(Cl)nc(NCc2cnn(C)c2)n1. The molecule has 2 aromatic rings. The molecule has 0 saturated carbocycles. The highest BCUT2D eigenvalue weighted by molar-refractivity contribution is 6.28. The fraction of sp³-hybridized carbons (Fsp3) is 0.500. The maximum Gasteiger partial charge on any atom is 0.231 e. The van der Waals surface area contributed by atoms with Crippen LogP contribution in [0.4, 0.5) is 11.9 Å². The van der Waals surface area contributed by atoms with Crippen molar-refractivity contribution in [3.8, 4) is 0 Å². The summed E-state index contributed by atoms with van der Waals surface area (Å²) in [6.45, 7) is 6.32. The van der Waals surface area contributed by atoms with E-state index in [4.69, 9.17) is 11.6 Å². The van der Waals surface area contributed by atoms with Gasteiger partial charge >= 0.3 is 0 Å². The van der Waals surface area contributed by atoms with Crippen molar-refractivity contribution in [1.82, 2.24) is 24.7 Å².